The first kappa shape index (κ1) is 11.0. The molecule has 1 aromatic heterocycles. The van der Waals surface area contributed by atoms with Crippen LogP contribution >= 0.6 is 0 Å². The fraction of sp³-hybridized carbons (Fsp3) is 0.200. The second-order valence-corrected chi connectivity index (χ2v) is 5.47. The summed E-state index contributed by atoms with van der Waals surface area (Å²) in [4.78, 5) is 8.23. The highest BCUT2D eigenvalue weighted by Crippen LogP contribution is 2.20. The maximum absolute atomic E-state index is 11.1. The lowest BCUT2D eigenvalue weighted by atomic mass is 10.2. The Morgan fingerprint density at radius 2 is 2.06 bits per heavy atom. The van der Waals surface area contributed by atoms with Crippen LogP contribution in [0.25, 0.3) is 10.9 Å². The molecule has 5 nitrogen and oxygen atoms in total. The number of hydrogen-bond acceptors (Lipinski definition) is 3. The van der Waals surface area contributed by atoms with Crippen molar-refractivity contribution in [3.05, 3.63) is 30.5 Å². The molecule has 0 aliphatic carbocycles. The van der Waals surface area contributed by atoms with Crippen LogP contribution in [0.2, 0.25) is 0 Å². The minimum atomic E-state index is -3.34. The molecule has 0 aliphatic heterocycles. The van der Waals surface area contributed by atoms with E-state index in [2.05, 4.69) is 4.98 Å². The summed E-state index contributed by atoms with van der Waals surface area (Å²) in [5.74, 6) is 0.486. The predicted molar refractivity (Wildman–Crippen MR) is 61.5 cm³/mol. The summed E-state index contributed by atoms with van der Waals surface area (Å²) in [7, 11) is -1.98. The zero-order chi connectivity index (χ0) is 11.8. The van der Waals surface area contributed by atoms with Gasteiger partial charge in [-0.3, -0.25) is 0 Å². The summed E-state index contributed by atoms with van der Waals surface area (Å²) in [5.41, 5.74) is 0.981. The maximum Gasteiger partial charge on any atom is 0.241 e. The quantitative estimate of drug-likeness (QED) is 0.824. The summed E-state index contributed by atoms with van der Waals surface area (Å²) < 4.78 is 23.1. The van der Waals surface area contributed by atoms with Gasteiger partial charge >= 0.3 is 0 Å². The molecule has 2 rings (SSSR count). The molecule has 1 heterocycles. The van der Waals surface area contributed by atoms with Crippen molar-refractivity contribution in [3.63, 3.8) is 0 Å². The Morgan fingerprint density at radius 3 is 2.75 bits per heavy atom. The van der Waals surface area contributed by atoms with Crippen molar-refractivity contribution >= 4 is 20.9 Å². The lowest BCUT2D eigenvalue weighted by molar-refractivity contribution is 0.0656. The van der Waals surface area contributed by atoms with E-state index in [4.69, 9.17) is 4.84 Å². The first-order chi connectivity index (χ1) is 7.47. The minimum absolute atomic E-state index is 0.486. The van der Waals surface area contributed by atoms with E-state index in [1.165, 1.54) is 7.05 Å². The summed E-state index contributed by atoms with van der Waals surface area (Å²) in [6, 6.07) is 7.21. The van der Waals surface area contributed by atoms with Crippen LogP contribution in [-0.4, -0.2) is 31.2 Å². The Kier molecular flexibility index (Phi) is 2.61. The van der Waals surface area contributed by atoms with E-state index in [0.717, 1.165) is 21.6 Å². The van der Waals surface area contributed by atoms with Gasteiger partial charge in [0.05, 0.1) is 6.26 Å². The lowest BCUT2D eigenvalue weighted by Crippen LogP contribution is -2.28. The average molecular weight is 240 g/mol. The van der Waals surface area contributed by atoms with Crippen molar-refractivity contribution in [2.24, 2.45) is 0 Å². The van der Waals surface area contributed by atoms with E-state index in [1.807, 2.05) is 18.3 Å². The van der Waals surface area contributed by atoms with Crippen LogP contribution in [0.5, 0.6) is 5.75 Å². The van der Waals surface area contributed by atoms with Crippen LogP contribution in [0.3, 0.4) is 0 Å². The van der Waals surface area contributed by atoms with Gasteiger partial charge in [-0.05, 0) is 28.7 Å². The van der Waals surface area contributed by atoms with E-state index >= 15 is 0 Å². The number of H-pyrrole nitrogens is 1. The summed E-state index contributed by atoms with van der Waals surface area (Å²) >= 11 is 0. The number of aromatic amines is 1. The number of sulfonamides is 1. The Bertz CT molecular complexity index is 603. The van der Waals surface area contributed by atoms with Crippen LogP contribution in [-0.2, 0) is 10.0 Å². The maximum atomic E-state index is 11.1. The normalized spacial score (nSPS) is 12.2. The third kappa shape index (κ3) is 2.17. The number of rotatable bonds is 3. The predicted octanol–water partition coefficient (Wildman–Crippen LogP) is 1.35. The molecule has 0 aliphatic rings. The zero-order valence-corrected chi connectivity index (χ0v) is 9.78. The molecule has 0 unspecified atom stereocenters. The van der Waals surface area contributed by atoms with Crippen molar-refractivity contribution in [2.75, 3.05) is 13.3 Å². The van der Waals surface area contributed by atoms with Gasteiger partial charge in [0.25, 0.3) is 0 Å². The summed E-state index contributed by atoms with van der Waals surface area (Å²) in [6.45, 7) is 0. The van der Waals surface area contributed by atoms with Gasteiger partial charge < -0.3 is 9.82 Å². The van der Waals surface area contributed by atoms with E-state index in [0.29, 0.717) is 5.75 Å². The second-order valence-electron chi connectivity index (χ2n) is 3.49. The van der Waals surface area contributed by atoms with Crippen LogP contribution in [0.15, 0.2) is 30.5 Å². The van der Waals surface area contributed by atoms with E-state index in [9.17, 15) is 8.42 Å². The third-order valence-corrected chi connectivity index (χ3v) is 3.23. The molecular weight excluding hydrogens is 228 g/mol. The Balaban J connectivity index is 2.27. The standard InChI is InChI=1S/C10H12N2O3S/c1-12(16(2,13)14)15-9-3-4-10-8(7-9)5-6-11-10/h3-7,11H,1-2H3. The number of aromatic nitrogens is 1. The molecule has 0 saturated carbocycles. The van der Waals surface area contributed by atoms with Gasteiger partial charge in [-0.1, -0.05) is 0 Å². The molecule has 1 N–H and O–H groups in total. The van der Waals surface area contributed by atoms with E-state index < -0.39 is 10.0 Å². The molecular formula is C10H12N2O3S. The van der Waals surface area contributed by atoms with Crippen molar-refractivity contribution in [1.82, 2.24) is 9.45 Å². The van der Waals surface area contributed by atoms with E-state index in [-0.39, 0.29) is 0 Å². The molecule has 0 fully saturated rings. The molecule has 0 atom stereocenters. The Labute approximate surface area is 93.6 Å². The number of fused-ring (bicyclic) bond motifs is 1. The number of hydroxylamine groups is 1. The smallest absolute Gasteiger partial charge is 0.241 e. The lowest BCUT2D eigenvalue weighted by Gasteiger charge is -2.14. The number of hydrogen-bond donors (Lipinski definition) is 1. The number of benzene rings is 1. The molecule has 2 aromatic rings. The van der Waals surface area contributed by atoms with Gasteiger partial charge in [0, 0.05) is 24.1 Å². The first-order valence-electron chi connectivity index (χ1n) is 4.66. The van der Waals surface area contributed by atoms with Crippen LogP contribution in [0, 0.1) is 0 Å². The minimum Gasteiger partial charge on any atom is -0.391 e. The van der Waals surface area contributed by atoms with Gasteiger partial charge in [-0.25, -0.2) is 8.42 Å². The van der Waals surface area contributed by atoms with Gasteiger partial charge in [0.1, 0.15) is 5.75 Å². The molecule has 0 bridgehead atoms. The highest BCUT2D eigenvalue weighted by atomic mass is 32.2. The molecule has 6 heteroatoms. The molecule has 0 saturated heterocycles. The van der Waals surface area contributed by atoms with Gasteiger partial charge in [0.15, 0.2) is 0 Å². The summed E-state index contributed by atoms with van der Waals surface area (Å²) in [6.07, 6.45) is 2.90. The topological polar surface area (TPSA) is 62.4 Å². The summed E-state index contributed by atoms with van der Waals surface area (Å²) in [5, 5.41) is 0.972. The van der Waals surface area contributed by atoms with Crippen LogP contribution in [0.4, 0.5) is 0 Å². The first-order valence-corrected chi connectivity index (χ1v) is 6.51. The van der Waals surface area contributed by atoms with Gasteiger partial charge in [-0.15, -0.1) is 0 Å². The molecule has 16 heavy (non-hydrogen) atoms. The molecule has 0 radical (unpaired) electrons. The fourth-order valence-electron chi connectivity index (χ4n) is 1.30. The second kappa shape index (κ2) is 3.80. The molecule has 86 valence electrons. The van der Waals surface area contributed by atoms with Crippen LogP contribution in [0.1, 0.15) is 0 Å². The fourth-order valence-corrected chi connectivity index (χ4v) is 1.53. The van der Waals surface area contributed by atoms with Gasteiger partial charge in [0.2, 0.25) is 10.0 Å². The van der Waals surface area contributed by atoms with Crippen LogP contribution < -0.4 is 4.84 Å². The largest absolute Gasteiger partial charge is 0.391 e. The number of nitrogens with zero attached hydrogens (tertiary/aromatic N) is 1. The highest BCUT2D eigenvalue weighted by molar-refractivity contribution is 7.88. The number of nitrogens with one attached hydrogen (secondary N) is 1. The molecule has 0 amide bonds. The van der Waals surface area contributed by atoms with Crippen molar-refractivity contribution in [3.8, 4) is 5.75 Å². The molecule has 1 aromatic carbocycles. The Morgan fingerprint density at radius 1 is 1.31 bits per heavy atom. The highest BCUT2D eigenvalue weighted by Gasteiger charge is 2.12. The monoisotopic (exact) mass is 240 g/mol. The molecule has 0 spiro atoms. The zero-order valence-electron chi connectivity index (χ0n) is 8.97. The van der Waals surface area contributed by atoms with Gasteiger partial charge in [-0.2, -0.15) is 0 Å². The van der Waals surface area contributed by atoms with Crippen molar-refractivity contribution < 1.29 is 13.3 Å². The van der Waals surface area contributed by atoms with E-state index in [1.54, 1.807) is 12.1 Å². The third-order valence-electron chi connectivity index (χ3n) is 2.23. The van der Waals surface area contributed by atoms with Crippen molar-refractivity contribution in [2.45, 2.75) is 0 Å². The average Bonchev–Trinajstić information content (AvgIpc) is 2.63. The van der Waals surface area contributed by atoms with Crippen molar-refractivity contribution in [1.29, 1.82) is 0 Å². The SMILES string of the molecule is CN(Oc1ccc2[nH]ccc2c1)S(C)(=O)=O. The Hall–Kier alpha value is -1.53.